The van der Waals surface area contributed by atoms with E-state index in [-0.39, 0.29) is 23.2 Å². The maximum Gasteiger partial charge on any atom is 0.277 e. The van der Waals surface area contributed by atoms with Crippen molar-refractivity contribution in [3.8, 4) is 22.6 Å². The molecular formula is C26H24N6O4S. The van der Waals surface area contributed by atoms with E-state index in [0.717, 1.165) is 0 Å². The molecule has 0 aliphatic carbocycles. The van der Waals surface area contributed by atoms with Gasteiger partial charge in [-0.3, -0.25) is 10.2 Å². The number of hydrogen-bond donors (Lipinski definition) is 3. The number of benzene rings is 3. The molecule has 3 aromatic carbocycles. The Kier molecular flexibility index (Phi) is 6.02. The normalized spacial score (nSPS) is 13.1. The summed E-state index contributed by atoms with van der Waals surface area (Å²) in [7, 11) is -3.94. The average molecular weight is 517 g/mol. The molecule has 0 fully saturated rings. The summed E-state index contributed by atoms with van der Waals surface area (Å²) in [4.78, 5) is 15.4. The Balaban J connectivity index is 1.54. The molecule has 1 aromatic heterocycles. The standard InChI is InChI=1S/C26H24N6O4S/c1-16-13-22(32(30-16)19-6-4-5-18(14-19)25(27)28)26(33)31-11-12-36-23-15-17(9-10-21(23)31)20-7-2-3-8-24(20)37(29,34)35/h2-10,13-15H,11-12H2,1H3,(H3,27,28)(H2,29,34,35). The van der Waals surface area contributed by atoms with Crippen LogP contribution in [0.25, 0.3) is 16.8 Å². The van der Waals surface area contributed by atoms with E-state index < -0.39 is 10.0 Å². The van der Waals surface area contributed by atoms with Gasteiger partial charge in [-0.05, 0) is 48.9 Å². The molecular weight excluding hydrogens is 492 g/mol. The highest BCUT2D eigenvalue weighted by Gasteiger charge is 2.28. The molecule has 1 aliphatic heterocycles. The second-order valence-corrected chi connectivity index (χ2v) is 10.1. The fourth-order valence-corrected chi connectivity index (χ4v) is 5.10. The summed E-state index contributed by atoms with van der Waals surface area (Å²) in [5, 5.41) is 17.6. The predicted octanol–water partition coefficient (Wildman–Crippen LogP) is 2.82. The van der Waals surface area contributed by atoms with E-state index in [1.807, 2.05) is 0 Å². The van der Waals surface area contributed by atoms with Crippen molar-refractivity contribution < 1.29 is 17.9 Å². The van der Waals surface area contributed by atoms with E-state index in [1.54, 1.807) is 78.6 Å². The molecule has 10 nitrogen and oxygen atoms in total. The number of nitrogens with zero attached hydrogens (tertiary/aromatic N) is 3. The lowest BCUT2D eigenvalue weighted by atomic mass is 10.0. The van der Waals surface area contributed by atoms with Crippen molar-refractivity contribution in [1.29, 1.82) is 5.41 Å². The van der Waals surface area contributed by atoms with E-state index in [4.69, 9.17) is 21.0 Å². The van der Waals surface area contributed by atoms with Gasteiger partial charge in [0.2, 0.25) is 10.0 Å². The third-order valence-electron chi connectivity index (χ3n) is 6.03. The quantitative estimate of drug-likeness (QED) is 0.273. The third kappa shape index (κ3) is 4.57. The molecule has 5 rings (SSSR count). The van der Waals surface area contributed by atoms with E-state index >= 15 is 0 Å². The van der Waals surface area contributed by atoms with Crippen molar-refractivity contribution in [1.82, 2.24) is 9.78 Å². The fraction of sp³-hybridized carbons (Fsp3) is 0.115. The van der Waals surface area contributed by atoms with E-state index in [1.165, 1.54) is 10.7 Å². The van der Waals surface area contributed by atoms with Gasteiger partial charge < -0.3 is 15.4 Å². The number of nitrogens with two attached hydrogens (primary N) is 2. The number of aryl methyl sites for hydroxylation is 1. The monoisotopic (exact) mass is 516 g/mol. The zero-order valence-corrected chi connectivity index (χ0v) is 20.7. The number of nitrogens with one attached hydrogen (secondary N) is 1. The molecule has 1 aliphatic rings. The van der Waals surface area contributed by atoms with Crippen LogP contribution in [0.2, 0.25) is 0 Å². The van der Waals surface area contributed by atoms with Gasteiger partial charge in [0, 0.05) is 11.1 Å². The fourth-order valence-electron chi connectivity index (χ4n) is 4.34. The lowest BCUT2D eigenvalue weighted by Crippen LogP contribution is -2.38. The Morgan fingerprint density at radius 2 is 1.84 bits per heavy atom. The van der Waals surface area contributed by atoms with Crippen LogP contribution >= 0.6 is 0 Å². The Morgan fingerprint density at radius 1 is 1.05 bits per heavy atom. The van der Waals surface area contributed by atoms with Gasteiger partial charge in [0.1, 0.15) is 23.9 Å². The van der Waals surface area contributed by atoms with Gasteiger partial charge >= 0.3 is 0 Å². The van der Waals surface area contributed by atoms with Crippen LogP contribution in [-0.2, 0) is 10.0 Å². The molecule has 0 spiro atoms. The molecule has 5 N–H and O–H groups in total. The summed E-state index contributed by atoms with van der Waals surface area (Å²) in [6, 6.07) is 20.3. The number of fused-ring (bicyclic) bond motifs is 1. The number of amidine groups is 1. The number of aromatic nitrogens is 2. The van der Waals surface area contributed by atoms with Crippen LogP contribution in [0.1, 0.15) is 21.7 Å². The molecule has 11 heteroatoms. The number of anilines is 1. The third-order valence-corrected chi connectivity index (χ3v) is 6.99. The van der Waals surface area contributed by atoms with Gasteiger partial charge in [-0.15, -0.1) is 0 Å². The van der Waals surface area contributed by atoms with Crippen LogP contribution in [0.5, 0.6) is 5.75 Å². The van der Waals surface area contributed by atoms with E-state index in [9.17, 15) is 13.2 Å². The minimum absolute atomic E-state index is 0.00543. The maximum absolute atomic E-state index is 13.8. The van der Waals surface area contributed by atoms with Crippen molar-refractivity contribution >= 4 is 27.5 Å². The second kappa shape index (κ2) is 9.19. The SMILES string of the molecule is Cc1cc(C(=O)N2CCOc3cc(-c4ccccc4S(N)(=O)=O)ccc32)n(-c2cccc(C(=N)N)c2)n1. The van der Waals surface area contributed by atoms with Crippen molar-refractivity contribution in [2.24, 2.45) is 10.9 Å². The Hall–Kier alpha value is -4.48. The topological polar surface area (TPSA) is 157 Å². The molecule has 188 valence electrons. The maximum atomic E-state index is 13.8. The first-order valence-corrected chi connectivity index (χ1v) is 12.9. The molecule has 4 aromatic rings. The smallest absolute Gasteiger partial charge is 0.277 e. The lowest BCUT2D eigenvalue weighted by molar-refractivity contribution is 0.0969. The van der Waals surface area contributed by atoms with Crippen molar-refractivity contribution in [2.75, 3.05) is 18.1 Å². The predicted molar refractivity (Wildman–Crippen MR) is 140 cm³/mol. The summed E-state index contributed by atoms with van der Waals surface area (Å²) in [5.41, 5.74) is 9.36. The molecule has 0 radical (unpaired) electrons. The highest BCUT2D eigenvalue weighted by Crippen LogP contribution is 2.38. The molecule has 0 atom stereocenters. The molecule has 0 saturated heterocycles. The number of hydrogen-bond acceptors (Lipinski definition) is 6. The molecule has 0 bridgehead atoms. The lowest BCUT2D eigenvalue weighted by Gasteiger charge is -2.30. The minimum Gasteiger partial charge on any atom is -0.490 e. The van der Waals surface area contributed by atoms with Crippen molar-refractivity contribution in [3.63, 3.8) is 0 Å². The first kappa shape index (κ1) is 24.2. The van der Waals surface area contributed by atoms with Gasteiger partial charge in [-0.1, -0.05) is 36.4 Å². The molecule has 1 amide bonds. The molecule has 37 heavy (non-hydrogen) atoms. The summed E-state index contributed by atoms with van der Waals surface area (Å²) < 4.78 is 31.6. The van der Waals surface area contributed by atoms with Gasteiger partial charge in [-0.25, -0.2) is 18.2 Å². The summed E-state index contributed by atoms with van der Waals surface area (Å²) in [6.07, 6.45) is 0. The number of rotatable bonds is 5. The van der Waals surface area contributed by atoms with Crippen molar-refractivity contribution in [3.05, 3.63) is 89.7 Å². The largest absolute Gasteiger partial charge is 0.490 e. The molecule has 0 unspecified atom stereocenters. The number of sulfonamides is 1. The number of carbonyl (C=O) groups is 1. The van der Waals surface area contributed by atoms with Gasteiger partial charge in [0.05, 0.1) is 28.5 Å². The van der Waals surface area contributed by atoms with Crippen LogP contribution in [0.4, 0.5) is 5.69 Å². The van der Waals surface area contributed by atoms with E-state index in [0.29, 0.717) is 51.7 Å². The number of nitrogen functional groups attached to an aromatic ring is 1. The first-order valence-electron chi connectivity index (χ1n) is 11.4. The first-order chi connectivity index (χ1) is 17.6. The number of ether oxygens (including phenoxy) is 1. The Morgan fingerprint density at radius 3 is 2.59 bits per heavy atom. The average Bonchev–Trinajstić information content (AvgIpc) is 3.28. The van der Waals surface area contributed by atoms with Gasteiger partial charge in [-0.2, -0.15) is 5.10 Å². The summed E-state index contributed by atoms with van der Waals surface area (Å²) in [5.74, 6) is 0.0827. The minimum atomic E-state index is -3.94. The van der Waals surface area contributed by atoms with Crippen molar-refractivity contribution in [2.45, 2.75) is 11.8 Å². The van der Waals surface area contributed by atoms with E-state index in [2.05, 4.69) is 5.10 Å². The highest BCUT2D eigenvalue weighted by molar-refractivity contribution is 7.89. The van der Waals surface area contributed by atoms with Crippen LogP contribution in [0, 0.1) is 12.3 Å². The zero-order valence-electron chi connectivity index (χ0n) is 19.9. The van der Waals surface area contributed by atoms with Crippen LogP contribution in [0.3, 0.4) is 0 Å². The zero-order chi connectivity index (χ0) is 26.3. The highest BCUT2D eigenvalue weighted by atomic mass is 32.2. The van der Waals surface area contributed by atoms with Crippen LogP contribution in [-0.4, -0.2) is 43.1 Å². The van der Waals surface area contributed by atoms with Crippen LogP contribution < -0.4 is 20.5 Å². The summed E-state index contributed by atoms with van der Waals surface area (Å²) >= 11 is 0. The Bertz CT molecular complexity index is 1660. The second-order valence-electron chi connectivity index (χ2n) is 8.58. The molecule has 2 heterocycles. The van der Waals surface area contributed by atoms with Gasteiger partial charge in [0.25, 0.3) is 5.91 Å². The molecule has 0 saturated carbocycles. The summed E-state index contributed by atoms with van der Waals surface area (Å²) in [6.45, 7) is 2.37. The number of amides is 1. The van der Waals surface area contributed by atoms with Gasteiger partial charge in [0.15, 0.2) is 0 Å². The van der Waals surface area contributed by atoms with Crippen LogP contribution in [0.15, 0.2) is 77.7 Å². The number of primary sulfonamides is 1. The number of carbonyl (C=O) groups excluding carboxylic acids is 1. The Labute approximate surface area is 213 Å².